The Balaban J connectivity index is 1.86. The molecule has 0 aliphatic heterocycles. The van der Waals surface area contributed by atoms with Gasteiger partial charge in [-0.3, -0.25) is 4.72 Å². The van der Waals surface area contributed by atoms with E-state index in [1.807, 2.05) is 57.2 Å². The number of hydrogen-bond donors (Lipinski definition) is 1. The fourth-order valence-electron chi connectivity index (χ4n) is 3.26. The van der Waals surface area contributed by atoms with Crippen LogP contribution in [0, 0.1) is 20.8 Å². The second kappa shape index (κ2) is 6.51. The van der Waals surface area contributed by atoms with Crippen LogP contribution in [0.3, 0.4) is 0 Å². The summed E-state index contributed by atoms with van der Waals surface area (Å²) in [6.07, 6.45) is 0. The molecule has 5 nitrogen and oxygen atoms in total. The van der Waals surface area contributed by atoms with E-state index in [-0.39, 0.29) is 4.90 Å². The van der Waals surface area contributed by atoms with Crippen molar-refractivity contribution in [1.29, 1.82) is 0 Å². The van der Waals surface area contributed by atoms with Crippen molar-refractivity contribution >= 4 is 37.8 Å². The number of nitrogens with zero attached hydrogens (tertiary/aromatic N) is 1. The van der Waals surface area contributed by atoms with Gasteiger partial charge in [0.1, 0.15) is 4.90 Å². The summed E-state index contributed by atoms with van der Waals surface area (Å²) in [7, 11) is -3.81. The molecule has 0 spiro atoms. The molecular formula is C20H18N2O3S2. The largest absolute Gasteiger partial charge is 0.356 e. The number of anilines is 1. The molecule has 2 aromatic carbocycles. The Kier molecular flexibility index (Phi) is 4.28. The summed E-state index contributed by atoms with van der Waals surface area (Å²) in [5.41, 5.74) is 1.83. The third-order valence-corrected chi connectivity index (χ3v) is 7.07. The Morgan fingerprint density at radius 2 is 1.74 bits per heavy atom. The topological polar surface area (TPSA) is 72.2 Å². The zero-order valence-electron chi connectivity index (χ0n) is 15.1. The second-order valence-corrected chi connectivity index (χ2v) is 9.43. The van der Waals surface area contributed by atoms with Gasteiger partial charge < -0.3 is 4.52 Å². The maximum absolute atomic E-state index is 13.3. The van der Waals surface area contributed by atoms with E-state index in [1.54, 1.807) is 12.1 Å². The van der Waals surface area contributed by atoms with Crippen LogP contribution in [0.1, 0.15) is 15.4 Å². The van der Waals surface area contributed by atoms with Crippen LogP contribution in [0.15, 0.2) is 57.9 Å². The number of rotatable bonds is 4. The van der Waals surface area contributed by atoms with Crippen LogP contribution in [-0.4, -0.2) is 13.6 Å². The smallest absolute Gasteiger partial charge is 0.263 e. The summed E-state index contributed by atoms with van der Waals surface area (Å²) in [6, 6.07) is 15.0. The van der Waals surface area contributed by atoms with Crippen LogP contribution in [0.25, 0.3) is 22.1 Å². The van der Waals surface area contributed by atoms with E-state index >= 15 is 0 Å². The molecule has 0 saturated carbocycles. The highest BCUT2D eigenvalue weighted by atomic mass is 32.2. The summed E-state index contributed by atoms with van der Waals surface area (Å²) in [6.45, 7) is 5.51. The quantitative estimate of drug-likeness (QED) is 0.507. The first-order valence-electron chi connectivity index (χ1n) is 8.41. The van der Waals surface area contributed by atoms with E-state index in [0.29, 0.717) is 27.6 Å². The molecule has 4 aromatic rings. The first-order valence-corrected chi connectivity index (χ1v) is 10.7. The highest BCUT2D eigenvalue weighted by Crippen LogP contribution is 2.40. The molecule has 0 aliphatic rings. The van der Waals surface area contributed by atoms with Crippen LogP contribution in [0.5, 0.6) is 0 Å². The van der Waals surface area contributed by atoms with Gasteiger partial charge >= 0.3 is 0 Å². The number of hydrogen-bond acceptors (Lipinski definition) is 5. The molecule has 0 saturated heterocycles. The lowest BCUT2D eigenvalue weighted by atomic mass is 10.1. The number of thiophene rings is 1. The zero-order valence-corrected chi connectivity index (χ0v) is 16.7. The van der Waals surface area contributed by atoms with Crippen LogP contribution >= 0.6 is 11.3 Å². The van der Waals surface area contributed by atoms with Gasteiger partial charge in [0.25, 0.3) is 10.0 Å². The maximum atomic E-state index is 13.3. The third kappa shape index (κ3) is 3.13. The van der Waals surface area contributed by atoms with Gasteiger partial charge in [0.2, 0.25) is 0 Å². The van der Waals surface area contributed by atoms with Gasteiger partial charge in [0.15, 0.2) is 5.76 Å². The summed E-state index contributed by atoms with van der Waals surface area (Å²) in [4.78, 5) is 1.83. The lowest BCUT2D eigenvalue weighted by molar-refractivity contribution is 0.426. The molecule has 0 radical (unpaired) electrons. The predicted octanol–water partition coefficient (Wildman–Crippen LogP) is 5.28. The molecule has 0 amide bonds. The number of fused-ring (bicyclic) bond motifs is 1. The molecule has 0 bridgehead atoms. The van der Waals surface area contributed by atoms with Gasteiger partial charge in [-0.15, -0.1) is 11.3 Å². The van der Waals surface area contributed by atoms with Gasteiger partial charge in [-0.1, -0.05) is 41.6 Å². The zero-order chi connectivity index (χ0) is 19.2. The van der Waals surface area contributed by atoms with Gasteiger partial charge in [0.05, 0.1) is 16.9 Å². The van der Waals surface area contributed by atoms with Gasteiger partial charge in [0, 0.05) is 21.2 Å². The third-order valence-electron chi connectivity index (χ3n) is 4.38. The minimum absolute atomic E-state index is 0.245. The van der Waals surface area contributed by atoms with Crippen LogP contribution < -0.4 is 4.72 Å². The Morgan fingerprint density at radius 1 is 1.00 bits per heavy atom. The minimum atomic E-state index is -3.81. The van der Waals surface area contributed by atoms with Crippen molar-refractivity contribution in [3.05, 3.63) is 64.0 Å². The Bertz CT molecular complexity index is 1250. The maximum Gasteiger partial charge on any atom is 0.263 e. The lowest BCUT2D eigenvalue weighted by Gasteiger charge is -2.12. The van der Waals surface area contributed by atoms with Crippen LogP contribution in [0.4, 0.5) is 5.69 Å². The molecule has 1 N–H and O–H groups in total. The fourth-order valence-corrected chi connectivity index (χ4v) is 6.21. The average Bonchev–Trinajstić information content (AvgIpc) is 3.17. The Morgan fingerprint density at radius 3 is 2.48 bits per heavy atom. The molecule has 27 heavy (non-hydrogen) atoms. The SMILES string of the molecule is Cc1cc(-c2c(C)sc(C)c2S(=O)(=O)Nc2cccc3ccccc23)on1. The summed E-state index contributed by atoms with van der Waals surface area (Å²) in [5.74, 6) is 0.465. The molecule has 138 valence electrons. The van der Waals surface area contributed by atoms with E-state index in [1.165, 1.54) is 11.3 Å². The fraction of sp³-hybridized carbons (Fsp3) is 0.150. The van der Waals surface area contributed by atoms with Crippen molar-refractivity contribution in [1.82, 2.24) is 5.16 Å². The second-order valence-electron chi connectivity index (χ2n) is 6.38. The predicted molar refractivity (Wildman–Crippen MR) is 109 cm³/mol. The lowest BCUT2D eigenvalue weighted by Crippen LogP contribution is -2.14. The minimum Gasteiger partial charge on any atom is -0.356 e. The molecule has 0 atom stereocenters. The molecule has 0 fully saturated rings. The van der Waals surface area contributed by atoms with Gasteiger partial charge in [-0.05, 0) is 32.2 Å². The van der Waals surface area contributed by atoms with Crippen molar-refractivity contribution in [2.24, 2.45) is 0 Å². The van der Waals surface area contributed by atoms with E-state index < -0.39 is 10.0 Å². The van der Waals surface area contributed by atoms with Crippen LogP contribution in [-0.2, 0) is 10.0 Å². The average molecular weight is 399 g/mol. The van der Waals surface area contributed by atoms with E-state index in [2.05, 4.69) is 9.88 Å². The van der Waals surface area contributed by atoms with Crippen LogP contribution in [0.2, 0.25) is 0 Å². The number of aromatic nitrogens is 1. The van der Waals surface area contributed by atoms with E-state index in [0.717, 1.165) is 15.6 Å². The Hall–Kier alpha value is -2.64. The summed E-state index contributed by atoms with van der Waals surface area (Å²) < 4.78 is 34.8. The highest BCUT2D eigenvalue weighted by Gasteiger charge is 2.28. The van der Waals surface area contributed by atoms with Crippen molar-refractivity contribution < 1.29 is 12.9 Å². The number of nitrogens with one attached hydrogen (secondary N) is 1. The van der Waals surface area contributed by atoms with Crippen molar-refractivity contribution in [2.45, 2.75) is 25.7 Å². The molecule has 0 aliphatic carbocycles. The summed E-state index contributed by atoms with van der Waals surface area (Å²) in [5, 5.41) is 5.73. The monoisotopic (exact) mass is 398 g/mol. The first kappa shape index (κ1) is 17.8. The molecule has 2 aromatic heterocycles. The molecule has 0 unspecified atom stereocenters. The molecule has 4 rings (SSSR count). The number of benzene rings is 2. The van der Waals surface area contributed by atoms with Gasteiger partial charge in [-0.2, -0.15) is 0 Å². The van der Waals surface area contributed by atoms with Crippen molar-refractivity contribution in [3.63, 3.8) is 0 Å². The molecule has 2 heterocycles. The van der Waals surface area contributed by atoms with E-state index in [9.17, 15) is 8.42 Å². The Labute approximate surface area is 161 Å². The number of sulfonamides is 1. The standard InChI is InChI=1S/C20H18N2O3S2/c1-12-11-18(25-21-12)19-13(2)26-14(3)20(19)27(23,24)22-17-10-6-8-15-7-4-5-9-16(15)17/h4-11,22H,1-3H3. The molecular weight excluding hydrogens is 380 g/mol. The first-order chi connectivity index (χ1) is 12.9. The number of aryl methyl sites for hydroxylation is 3. The van der Waals surface area contributed by atoms with Crippen molar-refractivity contribution in [2.75, 3.05) is 4.72 Å². The van der Waals surface area contributed by atoms with Crippen molar-refractivity contribution in [3.8, 4) is 11.3 Å². The summed E-state index contributed by atoms with van der Waals surface area (Å²) >= 11 is 1.43. The molecule has 7 heteroatoms. The van der Waals surface area contributed by atoms with E-state index in [4.69, 9.17) is 4.52 Å². The van der Waals surface area contributed by atoms with Gasteiger partial charge in [-0.25, -0.2) is 8.42 Å². The highest BCUT2D eigenvalue weighted by molar-refractivity contribution is 7.93. The normalized spacial score (nSPS) is 11.8.